The first-order valence-corrected chi connectivity index (χ1v) is 9.72. The Labute approximate surface area is 160 Å². The standard InChI is InChI=1S/C20H29N3O4/c1-21(2)20(24)23-11-14-4-5-16(13-23)22(10-14)12-15-8-18-19(9-17(15)25-3)27-7-6-26-18/h8-9,14,16H,4-7,10-13H2,1-3H3/t14-,16-/m0/s1. The molecule has 0 aromatic heterocycles. The van der Waals surface area contributed by atoms with Crippen LogP contribution in [0.1, 0.15) is 18.4 Å². The fourth-order valence-corrected chi connectivity index (χ4v) is 4.46. The molecule has 1 aromatic carbocycles. The van der Waals surface area contributed by atoms with Gasteiger partial charge in [0.05, 0.1) is 7.11 Å². The van der Waals surface area contributed by atoms with E-state index in [1.165, 1.54) is 6.42 Å². The molecule has 0 N–H and O–H groups in total. The van der Waals surface area contributed by atoms with Crippen molar-refractivity contribution < 1.29 is 19.0 Å². The fraction of sp³-hybridized carbons (Fsp3) is 0.650. The number of ether oxygens (including phenoxy) is 3. The number of nitrogens with zero attached hydrogens (tertiary/aromatic N) is 3. The second-order valence-electron chi connectivity index (χ2n) is 7.92. The maximum Gasteiger partial charge on any atom is 0.319 e. The zero-order valence-electron chi connectivity index (χ0n) is 16.4. The van der Waals surface area contributed by atoms with Gasteiger partial charge in [-0.3, -0.25) is 4.90 Å². The van der Waals surface area contributed by atoms with Gasteiger partial charge in [-0.25, -0.2) is 4.79 Å². The van der Waals surface area contributed by atoms with Crippen LogP contribution >= 0.6 is 0 Å². The smallest absolute Gasteiger partial charge is 0.319 e. The minimum Gasteiger partial charge on any atom is -0.496 e. The van der Waals surface area contributed by atoms with E-state index in [0.717, 1.165) is 55.4 Å². The first kappa shape index (κ1) is 18.2. The van der Waals surface area contributed by atoms with Crippen molar-refractivity contribution in [1.82, 2.24) is 14.7 Å². The molecule has 3 saturated heterocycles. The van der Waals surface area contributed by atoms with E-state index >= 15 is 0 Å². The lowest BCUT2D eigenvalue weighted by atomic mass is 9.94. The Morgan fingerprint density at radius 3 is 2.59 bits per heavy atom. The highest BCUT2D eigenvalue weighted by Gasteiger charge is 2.37. The number of rotatable bonds is 3. The molecule has 4 aliphatic rings. The van der Waals surface area contributed by atoms with Crippen molar-refractivity contribution in [2.45, 2.75) is 25.4 Å². The molecule has 0 unspecified atom stereocenters. The predicted molar refractivity (Wildman–Crippen MR) is 102 cm³/mol. The Bertz CT molecular complexity index is 709. The van der Waals surface area contributed by atoms with E-state index in [0.29, 0.717) is 25.2 Å². The van der Waals surface area contributed by atoms with Gasteiger partial charge in [-0.15, -0.1) is 0 Å². The zero-order chi connectivity index (χ0) is 19.0. The quantitative estimate of drug-likeness (QED) is 0.809. The Morgan fingerprint density at radius 2 is 1.89 bits per heavy atom. The molecule has 4 aliphatic heterocycles. The molecule has 0 spiro atoms. The Kier molecular flexibility index (Phi) is 5.04. The molecule has 7 heteroatoms. The number of carbonyl (C=O) groups is 1. The fourth-order valence-electron chi connectivity index (χ4n) is 4.46. The molecular weight excluding hydrogens is 346 g/mol. The summed E-state index contributed by atoms with van der Waals surface area (Å²) in [4.78, 5) is 18.7. The van der Waals surface area contributed by atoms with E-state index < -0.39 is 0 Å². The van der Waals surface area contributed by atoms with Gasteiger partial charge < -0.3 is 24.0 Å². The molecule has 4 heterocycles. The van der Waals surface area contributed by atoms with Gasteiger partial charge in [0.15, 0.2) is 11.5 Å². The third kappa shape index (κ3) is 3.65. The number of hydrogen-bond donors (Lipinski definition) is 0. The lowest BCUT2D eigenvalue weighted by molar-refractivity contribution is 0.121. The molecule has 1 aromatic rings. The summed E-state index contributed by atoms with van der Waals surface area (Å²) in [5, 5.41) is 0. The highest BCUT2D eigenvalue weighted by Crippen LogP contribution is 2.38. The molecule has 7 nitrogen and oxygen atoms in total. The molecule has 0 aliphatic carbocycles. The molecular formula is C20H29N3O4. The second kappa shape index (κ2) is 7.46. The predicted octanol–water partition coefficient (Wildman–Crippen LogP) is 2.04. The van der Waals surface area contributed by atoms with Crippen molar-refractivity contribution >= 4 is 6.03 Å². The van der Waals surface area contributed by atoms with Gasteiger partial charge >= 0.3 is 6.03 Å². The summed E-state index contributed by atoms with van der Waals surface area (Å²) in [6, 6.07) is 4.48. The van der Waals surface area contributed by atoms with Gasteiger partial charge in [0, 0.05) is 57.9 Å². The Balaban J connectivity index is 1.54. The van der Waals surface area contributed by atoms with Crippen LogP contribution in [-0.4, -0.2) is 80.8 Å². The van der Waals surface area contributed by atoms with Crippen LogP contribution in [0.25, 0.3) is 0 Å². The molecule has 0 saturated carbocycles. The maximum absolute atomic E-state index is 12.5. The Hall–Kier alpha value is -2.15. The minimum atomic E-state index is 0.116. The normalized spacial score (nSPS) is 24.5. The number of carbonyl (C=O) groups excluding carboxylic acids is 1. The third-order valence-electron chi connectivity index (χ3n) is 5.80. The number of benzene rings is 1. The highest BCUT2D eigenvalue weighted by molar-refractivity contribution is 5.74. The van der Waals surface area contributed by atoms with E-state index in [1.54, 1.807) is 12.0 Å². The van der Waals surface area contributed by atoms with Gasteiger partial charge in [0.2, 0.25) is 0 Å². The van der Waals surface area contributed by atoms with Crippen molar-refractivity contribution in [2.24, 2.45) is 5.92 Å². The van der Waals surface area contributed by atoms with E-state index in [-0.39, 0.29) is 6.03 Å². The largest absolute Gasteiger partial charge is 0.496 e. The highest BCUT2D eigenvalue weighted by atomic mass is 16.6. The van der Waals surface area contributed by atoms with Crippen molar-refractivity contribution in [1.29, 1.82) is 0 Å². The van der Waals surface area contributed by atoms with E-state index in [4.69, 9.17) is 14.2 Å². The van der Waals surface area contributed by atoms with Gasteiger partial charge in [0.1, 0.15) is 19.0 Å². The van der Waals surface area contributed by atoms with Crippen molar-refractivity contribution in [3.05, 3.63) is 17.7 Å². The SMILES string of the molecule is COc1cc2c(cc1CN1C[C@@H]3CC[C@H]1CN(C(=O)N(C)C)C3)OCCO2. The van der Waals surface area contributed by atoms with Crippen LogP contribution in [-0.2, 0) is 6.54 Å². The van der Waals surface area contributed by atoms with Crippen LogP contribution < -0.4 is 14.2 Å². The van der Waals surface area contributed by atoms with Crippen molar-refractivity contribution in [3.8, 4) is 17.2 Å². The van der Waals surface area contributed by atoms with Crippen LogP contribution in [0.5, 0.6) is 17.2 Å². The van der Waals surface area contributed by atoms with Gasteiger partial charge in [-0.05, 0) is 24.8 Å². The molecule has 0 radical (unpaired) electrons. The Morgan fingerprint density at radius 1 is 1.15 bits per heavy atom. The summed E-state index contributed by atoms with van der Waals surface area (Å²) < 4.78 is 17.1. The molecule has 3 fully saturated rings. The van der Waals surface area contributed by atoms with Crippen LogP contribution in [0.2, 0.25) is 0 Å². The van der Waals surface area contributed by atoms with E-state index in [2.05, 4.69) is 11.0 Å². The number of amides is 2. The molecule has 148 valence electrons. The van der Waals surface area contributed by atoms with E-state index in [1.807, 2.05) is 25.1 Å². The van der Waals surface area contributed by atoms with Crippen LogP contribution in [0, 0.1) is 5.92 Å². The van der Waals surface area contributed by atoms with Crippen molar-refractivity contribution in [3.63, 3.8) is 0 Å². The first-order valence-electron chi connectivity index (χ1n) is 9.72. The summed E-state index contributed by atoms with van der Waals surface area (Å²) in [6.07, 6.45) is 2.32. The van der Waals surface area contributed by atoms with Gasteiger partial charge in [-0.1, -0.05) is 0 Å². The number of fused-ring (bicyclic) bond motifs is 5. The minimum absolute atomic E-state index is 0.116. The van der Waals surface area contributed by atoms with Crippen molar-refractivity contribution in [2.75, 3.05) is 54.1 Å². The van der Waals surface area contributed by atoms with E-state index in [9.17, 15) is 4.79 Å². The average molecular weight is 375 g/mol. The van der Waals surface area contributed by atoms with Crippen LogP contribution in [0.15, 0.2) is 12.1 Å². The lowest BCUT2D eigenvalue weighted by Gasteiger charge is -2.36. The summed E-state index contributed by atoms with van der Waals surface area (Å²) >= 11 is 0. The van der Waals surface area contributed by atoms with Gasteiger partial charge in [0.25, 0.3) is 0 Å². The summed E-state index contributed by atoms with van der Waals surface area (Å²) in [5.41, 5.74) is 1.11. The summed E-state index contributed by atoms with van der Waals surface area (Å²) in [6.45, 7) is 4.60. The molecule has 2 bridgehead atoms. The number of urea groups is 1. The topological polar surface area (TPSA) is 54.5 Å². The summed E-state index contributed by atoms with van der Waals surface area (Å²) in [5.74, 6) is 2.90. The van der Waals surface area contributed by atoms with Gasteiger partial charge in [-0.2, -0.15) is 0 Å². The zero-order valence-corrected chi connectivity index (χ0v) is 16.4. The summed E-state index contributed by atoms with van der Waals surface area (Å²) in [7, 11) is 5.35. The molecule has 5 rings (SSSR count). The maximum atomic E-state index is 12.5. The van der Waals surface area contributed by atoms with Crippen LogP contribution in [0.4, 0.5) is 4.79 Å². The monoisotopic (exact) mass is 375 g/mol. The number of methoxy groups -OCH3 is 1. The lowest BCUT2D eigenvalue weighted by Crippen LogP contribution is -2.45. The molecule has 2 atom stereocenters. The number of piperidine rings is 1. The first-order chi connectivity index (χ1) is 13.0. The average Bonchev–Trinajstić information content (AvgIpc) is 2.98. The third-order valence-corrected chi connectivity index (χ3v) is 5.80. The second-order valence-corrected chi connectivity index (χ2v) is 7.92. The van der Waals surface area contributed by atoms with Crippen LogP contribution in [0.3, 0.4) is 0 Å². The number of hydrogen-bond acceptors (Lipinski definition) is 5. The molecule has 27 heavy (non-hydrogen) atoms. The molecule has 2 amide bonds.